The summed E-state index contributed by atoms with van der Waals surface area (Å²) in [6, 6.07) is 2.11. The quantitative estimate of drug-likeness (QED) is 0.797. The number of nitrogens with zero attached hydrogens (tertiary/aromatic N) is 3. The van der Waals surface area contributed by atoms with Crippen molar-refractivity contribution in [2.75, 3.05) is 34.5 Å². The number of aromatic nitrogens is 1. The molecule has 0 aliphatic carbocycles. The van der Waals surface area contributed by atoms with Gasteiger partial charge in [0.05, 0.1) is 12.2 Å². The molecule has 3 rings (SSSR count). The van der Waals surface area contributed by atoms with Gasteiger partial charge < -0.3 is 18.9 Å². The molecule has 1 aliphatic rings. The van der Waals surface area contributed by atoms with E-state index in [1.54, 1.807) is 0 Å². The van der Waals surface area contributed by atoms with Gasteiger partial charge in [0, 0.05) is 42.3 Å². The highest BCUT2D eigenvalue weighted by molar-refractivity contribution is 6.08. The van der Waals surface area contributed by atoms with Crippen LogP contribution in [0.1, 0.15) is 34.1 Å². The van der Waals surface area contributed by atoms with Crippen LogP contribution in [0.2, 0.25) is 0 Å². The lowest BCUT2D eigenvalue weighted by Gasteiger charge is -2.27. The lowest BCUT2D eigenvalue weighted by molar-refractivity contribution is 0.0526. The van der Waals surface area contributed by atoms with Gasteiger partial charge >= 0.3 is 5.97 Å². The summed E-state index contributed by atoms with van der Waals surface area (Å²) in [4.78, 5) is 17.0. The Kier molecular flexibility index (Phi) is 4.75. The Bertz CT molecular complexity index is 823. The van der Waals surface area contributed by atoms with Crippen LogP contribution in [0.4, 0.5) is 0 Å². The van der Waals surface area contributed by atoms with Crippen molar-refractivity contribution in [1.29, 1.82) is 0 Å². The first kappa shape index (κ1) is 17.8. The molecule has 0 saturated heterocycles. The summed E-state index contributed by atoms with van der Waals surface area (Å²) in [6.45, 7) is 6.25. The second-order valence-corrected chi connectivity index (χ2v) is 7.02. The van der Waals surface area contributed by atoms with Gasteiger partial charge in [-0.15, -0.1) is 0 Å². The number of carbonyl (C=O) groups excluding carboxylic acids is 1. The Balaban J connectivity index is 2.36. The zero-order valence-electron chi connectivity index (χ0n) is 16.0. The molecule has 6 nitrogen and oxygen atoms in total. The monoisotopic (exact) mass is 345 g/mol. The molecule has 1 aromatic carbocycles. The van der Waals surface area contributed by atoms with E-state index in [1.807, 2.05) is 35.1 Å². The minimum absolute atomic E-state index is 0.260. The van der Waals surface area contributed by atoms with Crippen molar-refractivity contribution in [3.8, 4) is 5.75 Å². The van der Waals surface area contributed by atoms with E-state index in [1.165, 1.54) is 0 Å². The van der Waals surface area contributed by atoms with E-state index in [9.17, 15) is 4.79 Å². The highest BCUT2D eigenvalue weighted by Gasteiger charge is 2.29. The number of ether oxygens (including phenoxy) is 2. The normalized spacial score (nSPS) is 14.7. The molecule has 136 valence electrons. The predicted molar refractivity (Wildman–Crippen MR) is 98.0 cm³/mol. The third kappa shape index (κ3) is 3.00. The third-order valence-corrected chi connectivity index (χ3v) is 4.65. The number of aryl methyl sites for hydroxylation is 2. The van der Waals surface area contributed by atoms with Crippen molar-refractivity contribution in [2.45, 2.75) is 26.9 Å². The summed E-state index contributed by atoms with van der Waals surface area (Å²) in [7, 11) is 8.04. The van der Waals surface area contributed by atoms with Gasteiger partial charge in [0.2, 0.25) is 0 Å². The molecule has 0 radical (unpaired) electrons. The zero-order chi connectivity index (χ0) is 18.3. The van der Waals surface area contributed by atoms with E-state index < -0.39 is 0 Å². The first-order chi connectivity index (χ1) is 11.8. The van der Waals surface area contributed by atoms with Gasteiger partial charge in [-0.3, -0.25) is 4.90 Å². The molecule has 2 aromatic rings. The molecule has 6 heteroatoms. The van der Waals surface area contributed by atoms with E-state index in [-0.39, 0.29) is 5.97 Å². The molecule has 25 heavy (non-hydrogen) atoms. The molecule has 2 heterocycles. The highest BCUT2D eigenvalue weighted by atomic mass is 16.5. The topological polar surface area (TPSA) is 46.9 Å². The zero-order valence-corrected chi connectivity index (χ0v) is 16.0. The van der Waals surface area contributed by atoms with Gasteiger partial charge in [0.15, 0.2) is 0 Å². The first-order valence-corrected chi connectivity index (χ1v) is 8.62. The van der Waals surface area contributed by atoms with E-state index in [4.69, 9.17) is 9.47 Å². The van der Waals surface area contributed by atoms with Crippen molar-refractivity contribution in [2.24, 2.45) is 7.05 Å². The van der Waals surface area contributed by atoms with Crippen molar-refractivity contribution in [3.63, 3.8) is 0 Å². The maximum Gasteiger partial charge on any atom is 0.340 e. The average molecular weight is 345 g/mol. The Morgan fingerprint density at radius 3 is 2.72 bits per heavy atom. The minimum Gasteiger partial charge on any atom is -0.478 e. The molecule has 0 amide bonds. The molecule has 0 fully saturated rings. The number of carbonyl (C=O) groups is 1. The highest BCUT2D eigenvalue weighted by Crippen LogP contribution is 2.39. The van der Waals surface area contributed by atoms with E-state index in [2.05, 4.69) is 27.4 Å². The fourth-order valence-corrected chi connectivity index (χ4v) is 3.60. The van der Waals surface area contributed by atoms with Crippen LogP contribution in [0.25, 0.3) is 10.9 Å². The van der Waals surface area contributed by atoms with Crippen LogP contribution in [-0.2, 0) is 24.9 Å². The standard InChI is InChI=1S/C19H27N3O3/c1-7-24-19(23)17-15(10-20(3)4)22(6)14-8-12(2)18-13(16(14)17)9-21(5)11-25-18/h8H,7,9-11H2,1-6H3. The lowest BCUT2D eigenvalue weighted by atomic mass is 9.99. The van der Waals surface area contributed by atoms with Crippen LogP contribution in [0.3, 0.4) is 0 Å². The maximum absolute atomic E-state index is 12.8. The molecule has 0 saturated carbocycles. The molecule has 0 spiro atoms. The molecule has 0 bridgehead atoms. The van der Waals surface area contributed by atoms with Gasteiger partial charge in [-0.1, -0.05) is 0 Å². The van der Waals surface area contributed by atoms with E-state index in [0.717, 1.165) is 40.0 Å². The predicted octanol–water partition coefficient (Wildman–Crippen LogP) is 2.51. The summed E-state index contributed by atoms with van der Waals surface area (Å²) in [5.74, 6) is 0.641. The summed E-state index contributed by atoms with van der Waals surface area (Å²) in [5.41, 5.74) is 4.87. The van der Waals surface area contributed by atoms with Crippen molar-refractivity contribution in [3.05, 3.63) is 28.5 Å². The van der Waals surface area contributed by atoms with E-state index >= 15 is 0 Å². The van der Waals surface area contributed by atoms with E-state index in [0.29, 0.717) is 25.4 Å². The van der Waals surface area contributed by atoms with Crippen molar-refractivity contribution in [1.82, 2.24) is 14.4 Å². The number of hydrogen-bond donors (Lipinski definition) is 0. The largest absolute Gasteiger partial charge is 0.478 e. The smallest absolute Gasteiger partial charge is 0.340 e. The van der Waals surface area contributed by atoms with Crippen LogP contribution in [-0.4, -0.2) is 54.8 Å². The van der Waals surface area contributed by atoms with Crippen LogP contribution < -0.4 is 4.74 Å². The Labute approximate surface area is 148 Å². The third-order valence-electron chi connectivity index (χ3n) is 4.65. The molecular formula is C19H27N3O3. The van der Waals surface area contributed by atoms with Gasteiger partial charge in [-0.25, -0.2) is 4.79 Å². The van der Waals surface area contributed by atoms with Gasteiger partial charge in [0.1, 0.15) is 12.5 Å². The van der Waals surface area contributed by atoms with Gasteiger partial charge in [-0.05, 0) is 46.6 Å². The number of esters is 1. The summed E-state index contributed by atoms with van der Waals surface area (Å²) in [6.07, 6.45) is 0. The SMILES string of the molecule is CCOC(=O)c1c(CN(C)C)n(C)c2cc(C)c3c(c12)CN(C)CO3. The summed E-state index contributed by atoms with van der Waals surface area (Å²) in [5, 5.41) is 0.963. The fraction of sp³-hybridized carbons (Fsp3) is 0.526. The van der Waals surface area contributed by atoms with Crippen LogP contribution >= 0.6 is 0 Å². The van der Waals surface area contributed by atoms with Crippen molar-refractivity contribution < 1.29 is 14.3 Å². The number of rotatable bonds is 4. The van der Waals surface area contributed by atoms with Crippen molar-refractivity contribution >= 4 is 16.9 Å². The average Bonchev–Trinajstić information content (AvgIpc) is 2.80. The second-order valence-electron chi connectivity index (χ2n) is 7.02. The Hall–Kier alpha value is -2.05. The maximum atomic E-state index is 12.8. The molecule has 1 aliphatic heterocycles. The van der Waals surface area contributed by atoms with Crippen LogP contribution in [0.5, 0.6) is 5.75 Å². The van der Waals surface area contributed by atoms with Gasteiger partial charge in [0.25, 0.3) is 0 Å². The lowest BCUT2D eigenvalue weighted by Crippen LogP contribution is -2.29. The Morgan fingerprint density at radius 1 is 1.36 bits per heavy atom. The number of benzene rings is 1. The Morgan fingerprint density at radius 2 is 2.08 bits per heavy atom. The summed E-state index contributed by atoms with van der Waals surface area (Å²) >= 11 is 0. The first-order valence-electron chi connectivity index (χ1n) is 8.62. The fourth-order valence-electron chi connectivity index (χ4n) is 3.60. The molecule has 0 atom stereocenters. The molecule has 0 N–H and O–H groups in total. The number of fused-ring (bicyclic) bond motifs is 3. The number of hydrogen-bond acceptors (Lipinski definition) is 5. The summed E-state index contributed by atoms with van der Waals surface area (Å²) < 4.78 is 13.5. The minimum atomic E-state index is -0.260. The van der Waals surface area contributed by atoms with Crippen LogP contribution in [0.15, 0.2) is 6.07 Å². The molecule has 0 unspecified atom stereocenters. The second kappa shape index (κ2) is 6.69. The molecule has 1 aromatic heterocycles. The van der Waals surface area contributed by atoms with Gasteiger partial charge in [-0.2, -0.15) is 0 Å². The van der Waals surface area contributed by atoms with Crippen LogP contribution in [0, 0.1) is 6.92 Å². The molecular weight excluding hydrogens is 318 g/mol.